The molecular formula is C16H18N4OS. The van der Waals surface area contributed by atoms with Crippen molar-refractivity contribution >= 4 is 17.4 Å². The molecule has 3 heterocycles. The third-order valence-electron chi connectivity index (χ3n) is 4.30. The van der Waals surface area contributed by atoms with Crippen LogP contribution in [0, 0.1) is 0 Å². The Morgan fingerprint density at radius 2 is 2.14 bits per heavy atom. The highest BCUT2D eigenvalue weighted by Gasteiger charge is 2.35. The number of thiazole rings is 1. The van der Waals surface area contributed by atoms with Crippen molar-refractivity contribution < 1.29 is 4.79 Å². The van der Waals surface area contributed by atoms with Gasteiger partial charge in [0.1, 0.15) is 5.01 Å². The standard InChI is InChI=1S/C16H18N4OS/c21-16-17-8-13-9-19(6-7-20(13)16)10-15-18-14(11-22-15)12-4-2-1-3-5-12/h1-5,11,13H,6-10H2,(H,17,21). The van der Waals surface area contributed by atoms with Crippen molar-refractivity contribution in [2.24, 2.45) is 0 Å². The van der Waals surface area contributed by atoms with Crippen LogP contribution in [0.25, 0.3) is 11.3 Å². The van der Waals surface area contributed by atoms with Crippen molar-refractivity contribution in [3.05, 3.63) is 40.7 Å². The van der Waals surface area contributed by atoms with Crippen LogP contribution in [0.1, 0.15) is 5.01 Å². The van der Waals surface area contributed by atoms with Gasteiger partial charge in [-0.25, -0.2) is 9.78 Å². The Labute approximate surface area is 133 Å². The van der Waals surface area contributed by atoms with Gasteiger partial charge in [-0.3, -0.25) is 4.90 Å². The number of carbonyl (C=O) groups is 1. The molecule has 2 amide bonds. The molecule has 1 atom stereocenters. The fourth-order valence-corrected chi connectivity index (χ4v) is 3.97. The average Bonchev–Trinajstić information content (AvgIpc) is 3.16. The first-order valence-corrected chi connectivity index (χ1v) is 8.44. The molecule has 0 radical (unpaired) electrons. The van der Waals surface area contributed by atoms with E-state index in [2.05, 4.69) is 27.7 Å². The van der Waals surface area contributed by atoms with Crippen LogP contribution in [0.5, 0.6) is 0 Å². The van der Waals surface area contributed by atoms with Crippen LogP contribution in [0.3, 0.4) is 0 Å². The number of amides is 2. The number of benzene rings is 1. The number of urea groups is 1. The first-order chi connectivity index (χ1) is 10.8. The molecule has 0 saturated carbocycles. The van der Waals surface area contributed by atoms with E-state index >= 15 is 0 Å². The lowest BCUT2D eigenvalue weighted by atomic mass is 10.2. The molecule has 1 unspecified atom stereocenters. The van der Waals surface area contributed by atoms with Gasteiger partial charge in [0.2, 0.25) is 0 Å². The molecule has 1 aromatic carbocycles. The zero-order valence-corrected chi connectivity index (χ0v) is 13.1. The molecule has 0 bridgehead atoms. The van der Waals surface area contributed by atoms with E-state index in [1.165, 1.54) is 5.56 Å². The first-order valence-electron chi connectivity index (χ1n) is 7.56. The van der Waals surface area contributed by atoms with Gasteiger partial charge in [-0.05, 0) is 0 Å². The normalized spacial score (nSPS) is 21.7. The van der Waals surface area contributed by atoms with Crippen LogP contribution in [0.15, 0.2) is 35.7 Å². The maximum atomic E-state index is 11.6. The van der Waals surface area contributed by atoms with Crippen molar-refractivity contribution in [3.63, 3.8) is 0 Å². The zero-order valence-electron chi connectivity index (χ0n) is 12.2. The van der Waals surface area contributed by atoms with Gasteiger partial charge >= 0.3 is 6.03 Å². The number of hydrogen-bond acceptors (Lipinski definition) is 4. The van der Waals surface area contributed by atoms with E-state index in [1.807, 2.05) is 23.1 Å². The van der Waals surface area contributed by atoms with E-state index in [0.717, 1.165) is 43.4 Å². The Balaban J connectivity index is 1.42. The lowest BCUT2D eigenvalue weighted by Crippen LogP contribution is -2.51. The van der Waals surface area contributed by atoms with Gasteiger partial charge in [-0.1, -0.05) is 30.3 Å². The molecule has 114 valence electrons. The molecule has 5 nitrogen and oxygen atoms in total. The van der Waals surface area contributed by atoms with E-state index < -0.39 is 0 Å². The predicted octanol–water partition coefficient (Wildman–Crippen LogP) is 2.02. The molecule has 2 saturated heterocycles. The van der Waals surface area contributed by atoms with Crippen molar-refractivity contribution in [2.75, 3.05) is 26.2 Å². The van der Waals surface area contributed by atoms with Crippen molar-refractivity contribution in [1.29, 1.82) is 0 Å². The van der Waals surface area contributed by atoms with Crippen molar-refractivity contribution in [3.8, 4) is 11.3 Å². The Bertz CT molecular complexity index is 672. The van der Waals surface area contributed by atoms with Crippen molar-refractivity contribution in [2.45, 2.75) is 12.6 Å². The maximum Gasteiger partial charge on any atom is 0.317 e. The molecular weight excluding hydrogens is 296 g/mol. The van der Waals surface area contributed by atoms with Gasteiger partial charge in [-0.15, -0.1) is 11.3 Å². The van der Waals surface area contributed by atoms with Gasteiger partial charge in [0.05, 0.1) is 18.3 Å². The quantitative estimate of drug-likeness (QED) is 0.943. The summed E-state index contributed by atoms with van der Waals surface area (Å²) in [6.45, 7) is 4.30. The second kappa shape index (κ2) is 5.70. The summed E-state index contributed by atoms with van der Waals surface area (Å²) in [5, 5.41) is 6.19. The number of hydrogen-bond donors (Lipinski definition) is 1. The van der Waals surface area contributed by atoms with Gasteiger partial charge in [0, 0.05) is 37.1 Å². The molecule has 1 N–H and O–H groups in total. The van der Waals surface area contributed by atoms with E-state index in [1.54, 1.807) is 11.3 Å². The number of fused-ring (bicyclic) bond motifs is 1. The number of rotatable bonds is 3. The highest BCUT2D eigenvalue weighted by Crippen LogP contribution is 2.23. The monoisotopic (exact) mass is 314 g/mol. The minimum atomic E-state index is 0.0882. The molecule has 6 heteroatoms. The summed E-state index contributed by atoms with van der Waals surface area (Å²) in [5.74, 6) is 0. The fourth-order valence-electron chi connectivity index (χ4n) is 3.13. The molecule has 0 aliphatic carbocycles. The highest BCUT2D eigenvalue weighted by atomic mass is 32.1. The molecule has 22 heavy (non-hydrogen) atoms. The van der Waals surface area contributed by atoms with Crippen LogP contribution in [0.2, 0.25) is 0 Å². The third-order valence-corrected chi connectivity index (χ3v) is 5.13. The second-order valence-corrected chi connectivity index (χ2v) is 6.70. The lowest BCUT2D eigenvalue weighted by Gasteiger charge is -2.35. The summed E-state index contributed by atoms with van der Waals surface area (Å²) in [5.41, 5.74) is 2.22. The second-order valence-electron chi connectivity index (χ2n) is 5.76. The topological polar surface area (TPSA) is 48.5 Å². The predicted molar refractivity (Wildman–Crippen MR) is 86.7 cm³/mol. The molecule has 1 aromatic heterocycles. The van der Waals surface area contributed by atoms with Gasteiger partial charge in [-0.2, -0.15) is 0 Å². The van der Waals surface area contributed by atoms with Crippen molar-refractivity contribution in [1.82, 2.24) is 20.1 Å². The molecule has 2 aromatic rings. The summed E-state index contributed by atoms with van der Waals surface area (Å²) >= 11 is 1.71. The van der Waals surface area contributed by atoms with Crippen LogP contribution < -0.4 is 5.32 Å². The maximum absolute atomic E-state index is 11.6. The number of piperazine rings is 1. The summed E-state index contributed by atoms with van der Waals surface area (Å²) in [6.07, 6.45) is 0. The number of carbonyl (C=O) groups excluding carboxylic acids is 1. The molecule has 0 spiro atoms. The van der Waals surface area contributed by atoms with Crippen LogP contribution in [-0.4, -0.2) is 53.0 Å². The van der Waals surface area contributed by atoms with Crippen LogP contribution >= 0.6 is 11.3 Å². The lowest BCUT2D eigenvalue weighted by molar-refractivity contribution is 0.116. The third kappa shape index (κ3) is 2.60. The number of nitrogens with zero attached hydrogens (tertiary/aromatic N) is 3. The summed E-state index contributed by atoms with van der Waals surface area (Å²) in [6, 6.07) is 10.7. The van der Waals surface area contributed by atoms with E-state index in [4.69, 9.17) is 4.98 Å². The summed E-state index contributed by atoms with van der Waals surface area (Å²) in [4.78, 5) is 20.7. The average molecular weight is 314 g/mol. The number of nitrogens with one attached hydrogen (secondary N) is 1. The SMILES string of the molecule is O=C1NCC2CN(Cc3nc(-c4ccccc4)cs3)CCN12. The largest absolute Gasteiger partial charge is 0.336 e. The van der Waals surface area contributed by atoms with Gasteiger partial charge < -0.3 is 10.2 Å². The summed E-state index contributed by atoms with van der Waals surface area (Å²) in [7, 11) is 0. The minimum absolute atomic E-state index is 0.0882. The molecule has 2 aliphatic heterocycles. The van der Waals surface area contributed by atoms with Crippen LogP contribution in [0.4, 0.5) is 4.79 Å². The fraction of sp³-hybridized carbons (Fsp3) is 0.375. The molecule has 2 aliphatic rings. The van der Waals surface area contributed by atoms with Gasteiger partial charge in [0.25, 0.3) is 0 Å². The van der Waals surface area contributed by atoms with Crippen LogP contribution in [-0.2, 0) is 6.54 Å². The minimum Gasteiger partial charge on any atom is -0.336 e. The molecule has 4 rings (SSSR count). The Morgan fingerprint density at radius 1 is 1.27 bits per heavy atom. The Kier molecular flexibility index (Phi) is 3.56. The smallest absolute Gasteiger partial charge is 0.317 e. The Morgan fingerprint density at radius 3 is 3.00 bits per heavy atom. The highest BCUT2D eigenvalue weighted by molar-refractivity contribution is 7.09. The first kappa shape index (κ1) is 13.7. The summed E-state index contributed by atoms with van der Waals surface area (Å²) < 4.78 is 0. The molecule has 2 fully saturated rings. The van der Waals surface area contributed by atoms with E-state index in [0.29, 0.717) is 6.04 Å². The Hall–Kier alpha value is -1.92. The van der Waals surface area contributed by atoms with E-state index in [9.17, 15) is 4.79 Å². The number of aromatic nitrogens is 1. The van der Waals surface area contributed by atoms with E-state index in [-0.39, 0.29) is 6.03 Å². The zero-order chi connectivity index (χ0) is 14.9. The van der Waals surface area contributed by atoms with Gasteiger partial charge in [0.15, 0.2) is 0 Å².